The number of carbonyl (C=O) groups is 1. The van der Waals surface area contributed by atoms with Crippen LogP contribution in [0, 0.1) is 0 Å². The molecule has 1 aliphatic rings. The zero-order chi connectivity index (χ0) is 17.4. The molecule has 0 radical (unpaired) electrons. The fourth-order valence-corrected chi connectivity index (χ4v) is 3.08. The summed E-state index contributed by atoms with van der Waals surface area (Å²) >= 11 is 0. The monoisotopic (exact) mass is 337 g/mol. The summed E-state index contributed by atoms with van der Waals surface area (Å²) in [5.41, 5.74) is 1.98. The number of piperazine rings is 1. The zero-order valence-corrected chi connectivity index (χ0v) is 14.0. The van der Waals surface area contributed by atoms with Crippen molar-refractivity contribution in [3.05, 3.63) is 58.5 Å². The van der Waals surface area contributed by atoms with Crippen LogP contribution in [0.2, 0.25) is 0 Å². The molecule has 3 aromatic rings. The summed E-state index contributed by atoms with van der Waals surface area (Å²) < 4.78 is 1.32. The Morgan fingerprint density at radius 3 is 2.56 bits per heavy atom. The molecule has 0 aliphatic carbocycles. The van der Waals surface area contributed by atoms with E-state index in [1.54, 1.807) is 6.20 Å². The first-order valence-electron chi connectivity index (χ1n) is 8.28. The van der Waals surface area contributed by atoms with Crippen molar-refractivity contribution in [1.82, 2.24) is 24.4 Å². The van der Waals surface area contributed by atoms with Crippen molar-refractivity contribution in [2.45, 2.75) is 0 Å². The van der Waals surface area contributed by atoms with Crippen LogP contribution in [0.4, 0.5) is 0 Å². The number of H-pyrrole nitrogens is 1. The molecule has 7 heteroatoms. The van der Waals surface area contributed by atoms with E-state index in [1.807, 2.05) is 42.3 Å². The van der Waals surface area contributed by atoms with Crippen LogP contribution in [-0.2, 0) is 0 Å². The van der Waals surface area contributed by atoms with Crippen molar-refractivity contribution >= 4 is 11.6 Å². The Labute approximate surface area is 144 Å². The van der Waals surface area contributed by atoms with Crippen LogP contribution in [0.15, 0.2) is 47.4 Å². The molecule has 0 atom stereocenters. The number of nitrogens with zero attached hydrogens (tertiary/aromatic N) is 4. The Bertz CT molecular complexity index is 968. The van der Waals surface area contributed by atoms with Gasteiger partial charge in [0.05, 0.1) is 5.69 Å². The maximum absolute atomic E-state index is 12.9. The molecule has 1 fully saturated rings. The summed E-state index contributed by atoms with van der Waals surface area (Å²) in [6.45, 7) is 3.04. The van der Waals surface area contributed by atoms with Crippen LogP contribution in [0.1, 0.15) is 10.4 Å². The van der Waals surface area contributed by atoms with Crippen LogP contribution in [-0.4, -0.2) is 63.5 Å². The number of fused-ring (bicyclic) bond motifs is 1. The predicted molar refractivity (Wildman–Crippen MR) is 94.6 cm³/mol. The average Bonchev–Trinajstić information content (AvgIpc) is 3.07. The Balaban J connectivity index is 1.76. The van der Waals surface area contributed by atoms with Gasteiger partial charge in [-0.1, -0.05) is 30.3 Å². The highest BCUT2D eigenvalue weighted by Gasteiger charge is 2.24. The molecule has 0 saturated carbocycles. The molecule has 0 bridgehead atoms. The van der Waals surface area contributed by atoms with Gasteiger partial charge < -0.3 is 9.80 Å². The average molecular weight is 337 g/mol. The standard InChI is InChI=1S/C18H19N5O2/c1-21-7-9-22(10-8-21)18(25)14-12-19-23-16(24)11-15(20-17(14)23)13-5-3-2-4-6-13/h2-6,11-12,19H,7-10H2,1H3. The summed E-state index contributed by atoms with van der Waals surface area (Å²) in [5.74, 6) is -0.0936. The van der Waals surface area contributed by atoms with Crippen LogP contribution in [0.5, 0.6) is 0 Å². The Morgan fingerprint density at radius 2 is 1.84 bits per heavy atom. The molecule has 7 nitrogen and oxygen atoms in total. The van der Waals surface area contributed by atoms with Gasteiger partial charge in [-0.3, -0.25) is 14.7 Å². The van der Waals surface area contributed by atoms with Gasteiger partial charge in [0.25, 0.3) is 11.5 Å². The lowest BCUT2D eigenvalue weighted by Gasteiger charge is -2.32. The quantitative estimate of drug-likeness (QED) is 0.759. The van der Waals surface area contributed by atoms with Crippen molar-refractivity contribution in [3.63, 3.8) is 0 Å². The van der Waals surface area contributed by atoms with Gasteiger partial charge in [0.15, 0.2) is 5.65 Å². The van der Waals surface area contributed by atoms with E-state index in [4.69, 9.17) is 0 Å². The number of aromatic nitrogens is 3. The lowest BCUT2D eigenvalue weighted by atomic mass is 10.1. The number of hydrogen-bond acceptors (Lipinski definition) is 4. The lowest BCUT2D eigenvalue weighted by Crippen LogP contribution is -2.47. The van der Waals surface area contributed by atoms with Crippen LogP contribution in [0.25, 0.3) is 16.9 Å². The van der Waals surface area contributed by atoms with Crippen molar-refractivity contribution in [2.75, 3.05) is 33.2 Å². The van der Waals surface area contributed by atoms with Gasteiger partial charge in [0.1, 0.15) is 5.56 Å². The third-order valence-electron chi connectivity index (χ3n) is 4.59. The zero-order valence-electron chi connectivity index (χ0n) is 14.0. The first-order valence-corrected chi connectivity index (χ1v) is 8.28. The fourth-order valence-electron chi connectivity index (χ4n) is 3.08. The number of nitrogens with one attached hydrogen (secondary N) is 1. The molecular formula is C18H19N5O2. The summed E-state index contributed by atoms with van der Waals surface area (Å²) in [6.07, 6.45) is 1.57. The fraction of sp³-hybridized carbons (Fsp3) is 0.278. The third-order valence-corrected chi connectivity index (χ3v) is 4.59. The van der Waals surface area contributed by atoms with E-state index in [-0.39, 0.29) is 11.5 Å². The Hall–Kier alpha value is -2.93. The summed E-state index contributed by atoms with van der Waals surface area (Å²) in [6, 6.07) is 11.0. The number of hydrogen-bond donors (Lipinski definition) is 1. The van der Waals surface area contributed by atoms with E-state index in [9.17, 15) is 9.59 Å². The van der Waals surface area contributed by atoms with Crippen LogP contribution in [0.3, 0.4) is 0 Å². The number of amides is 1. The molecule has 1 aromatic carbocycles. The minimum Gasteiger partial charge on any atom is -0.336 e. The van der Waals surface area contributed by atoms with E-state index in [0.29, 0.717) is 30.0 Å². The molecule has 0 unspecified atom stereocenters. The molecule has 0 spiro atoms. The second-order valence-corrected chi connectivity index (χ2v) is 6.29. The Kier molecular flexibility index (Phi) is 3.85. The van der Waals surface area contributed by atoms with E-state index in [0.717, 1.165) is 18.7 Å². The summed E-state index contributed by atoms with van der Waals surface area (Å²) in [7, 11) is 2.04. The number of benzene rings is 1. The van der Waals surface area contributed by atoms with E-state index < -0.39 is 0 Å². The van der Waals surface area contributed by atoms with Gasteiger partial charge in [-0.25, -0.2) is 9.50 Å². The van der Waals surface area contributed by atoms with Gasteiger partial charge in [-0.15, -0.1) is 0 Å². The molecule has 25 heavy (non-hydrogen) atoms. The van der Waals surface area contributed by atoms with E-state index >= 15 is 0 Å². The molecule has 1 N–H and O–H groups in total. The number of aromatic amines is 1. The highest BCUT2D eigenvalue weighted by atomic mass is 16.2. The maximum atomic E-state index is 12.9. The highest BCUT2D eigenvalue weighted by Crippen LogP contribution is 2.18. The number of carbonyl (C=O) groups excluding carboxylic acids is 1. The highest BCUT2D eigenvalue weighted by molar-refractivity contribution is 5.99. The predicted octanol–water partition coefficient (Wildman–Crippen LogP) is 1.08. The molecule has 128 valence electrons. The SMILES string of the molecule is CN1CCN(C(=O)c2c[nH]n3c(=O)cc(-c4ccccc4)nc23)CC1. The lowest BCUT2D eigenvalue weighted by molar-refractivity contribution is 0.0666. The van der Waals surface area contributed by atoms with Crippen molar-refractivity contribution in [3.8, 4) is 11.3 Å². The minimum atomic E-state index is -0.235. The largest absolute Gasteiger partial charge is 0.336 e. The molecule has 4 rings (SSSR count). The number of rotatable bonds is 2. The van der Waals surface area contributed by atoms with Crippen LogP contribution < -0.4 is 5.56 Å². The smallest absolute Gasteiger partial charge is 0.273 e. The molecule has 1 amide bonds. The van der Waals surface area contributed by atoms with E-state index in [1.165, 1.54) is 10.6 Å². The first kappa shape index (κ1) is 15.6. The summed E-state index contributed by atoms with van der Waals surface area (Å²) in [5, 5.41) is 2.85. The normalized spacial score (nSPS) is 15.6. The van der Waals surface area contributed by atoms with Crippen molar-refractivity contribution in [2.24, 2.45) is 0 Å². The molecule has 1 aliphatic heterocycles. The topological polar surface area (TPSA) is 73.7 Å². The maximum Gasteiger partial charge on any atom is 0.273 e. The second kappa shape index (κ2) is 6.18. The van der Waals surface area contributed by atoms with Crippen LogP contribution >= 0.6 is 0 Å². The van der Waals surface area contributed by atoms with Gasteiger partial charge in [0.2, 0.25) is 0 Å². The van der Waals surface area contributed by atoms with Gasteiger partial charge >= 0.3 is 0 Å². The first-order chi connectivity index (χ1) is 12.1. The Morgan fingerprint density at radius 1 is 1.12 bits per heavy atom. The molecular weight excluding hydrogens is 318 g/mol. The van der Waals surface area contributed by atoms with Gasteiger partial charge in [0, 0.05) is 44.0 Å². The van der Waals surface area contributed by atoms with Gasteiger partial charge in [-0.05, 0) is 7.05 Å². The molecule has 3 heterocycles. The molecule has 2 aromatic heterocycles. The third kappa shape index (κ3) is 2.83. The van der Waals surface area contributed by atoms with Crippen molar-refractivity contribution < 1.29 is 4.79 Å². The van der Waals surface area contributed by atoms with E-state index in [2.05, 4.69) is 15.0 Å². The minimum absolute atomic E-state index is 0.0936. The van der Waals surface area contributed by atoms with Gasteiger partial charge in [-0.2, -0.15) is 0 Å². The van der Waals surface area contributed by atoms with Crippen molar-refractivity contribution in [1.29, 1.82) is 0 Å². The number of likely N-dealkylation sites (N-methyl/N-ethyl adjacent to an activating group) is 1. The second-order valence-electron chi connectivity index (χ2n) is 6.29. The molecule has 1 saturated heterocycles. The summed E-state index contributed by atoms with van der Waals surface area (Å²) in [4.78, 5) is 33.8.